The highest BCUT2D eigenvalue weighted by molar-refractivity contribution is 7.95. The van der Waals surface area contributed by atoms with Crippen LogP contribution >= 0.6 is 0 Å². The van der Waals surface area contributed by atoms with Crippen molar-refractivity contribution in [2.75, 3.05) is 6.61 Å². The van der Waals surface area contributed by atoms with E-state index < -0.39 is 10.1 Å². The first-order valence-electron chi connectivity index (χ1n) is 6.00. The normalized spacial score (nSPS) is 23.1. The minimum atomic E-state index is -4.14. The highest BCUT2D eigenvalue weighted by Crippen LogP contribution is 2.33. The highest BCUT2D eigenvalue weighted by atomic mass is 32.2. The molecule has 0 radical (unpaired) electrons. The summed E-state index contributed by atoms with van der Waals surface area (Å²) in [5.74, 6) is 0.954. The molecule has 4 nitrogen and oxygen atoms in total. The second-order valence-corrected chi connectivity index (χ2v) is 6.14. The molecule has 1 fully saturated rings. The average Bonchev–Trinajstić information content (AvgIpc) is 2.37. The van der Waals surface area contributed by atoms with Crippen LogP contribution in [0.3, 0.4) is 0 Å². The van der Waals surface area contributed by atoms with Gasteiger partial charge in [-0.2, -0.15) is 8.42 Å². The van der Waals surface area contributed by atoms with Crippen LogP contribution in [0.15, 0.2) is 24.3 Å². The lowest BCUT2D eigenvalue weighted by atomic mass is 9.89. The lowest BCUT2D eigenvalue weighted by Gasteiger charge is -2.29. The van der Waals surface area contributed by atoms with Crippen LogP contribution in [-0.4, -0.2) is 19.6 Å². The van der Waals surface area contributed by atoms with Crippen molar-refractivity contribution in [3.8, 4) is 0 Å². The monoisotopic (exact) mass is 266 g/mol. The third kappa shape index (κ3) is 1.83. The van der Waals surface area contributed by atoms with Crippen molar-refractivity contribution in [2.24, 2.45) is 5.92 Å². The third-order valence-corrected chi connectivity index (χ3v) is 4.57. The quantitative estimate of drug-likeness (QED) is 0.757. The molecule has 2 aliphatic rings. The van der Waals surface area contributed by atoms with Crippen molar-refractivity contribution < 1.29 is 17.7 Å². The van der Waals surface area contributed by atoms with Crippen LogP contribution in [0.2, 0.25) is 0 Å². The minimum Gasteiger partial charge on any atom is -0.497 e. The number of ether oxygens (including phenoxy) is 1. The minimum absolute atomic E-state index is 0.0746. The molecule has 1 unspecified atom stereocenters. The molecule has 0 saturated carbocycles. The topological polar surface area (TPSA) is 63.6 Å². The molecule has 0 aromatic heterocycles. The molecule has 3 rings (SSSR count). The number of fused-ring (bicyclic) bond motifs is 2. The Morgan fingerprint density at radius 3 is 2.67 bits per heavy atom. The van der Waals surface area contributed by atoms with Gasteiger partial charge in [-0.3, -0.25) is 4.55 Å². The van der Waals surface area contributed by atoms with Crippen LogP contribution in [0.25, 0.3) is 10.7 Å². The largest absolute Gasteiger partial charge is 0.497 e. The second-order valence-electron chi connectivity index (χ2n) is 4.70. The fourth-order valence-electron chi connectivity index (χ4n) is 2.77. The molecule has 1 aliphatic carbocycles. The van der Waals surface area contributed by atoms with Gasteiger partial charge < -0.3 is 4.74 Å². The number of benzene rings is 1. The first-order chi connectivity index (χ1) is 8.57. The maximum absolute atomic E-state index is 11.5. The van der Waals surface area contributed by atoms with Crippen LogP contribution in [0.4, 0.5) is 0 Å². The maximum Gasteiger partial charge on any atom is 0.291 e. The molecule has 1 aliphatic heterocycles. The van der Waals surface area contributed by atoms with Gasteiger partial charge in [0.1, 0.15) is 5.76 Å². The van der Waals surface area contributed by atoms with Gasteiger partial charge in [0.15, 0.2) is 0 Å². The first-order valence-corrected chi connectivity index (χ1v) is 7.44. The molecule has 0 amide bonds. The zero-order valence-electron chi connectivity index (χ0n) is 9.80. The van der Waals surface area contributed by atoms with E-state index in [9.17, 15) is 13.0 Å². The number of hydrogen-bond acceptors (Lipinski definition) is 3. The zero-order valence-corrected chi connectivity index (χ0v) is 10.6. The fraction of sp³-hybridized carbons (Fsp3) is 0.385. The summed E-state index contributed by atoms with van der Waals surface area (Å²) in [6.45, 7) is 0.682. The smallest absolute Gasteiger partial charge is 0.291 e. The summed E-state index contributed by atoms with van der Waals surface area (Å²) in [7, 11) is -4.14. The van der Waals surface area contributed by atoms with Gasteiger partial charge in [0, 0.05) is 16.4 Å². The Balaban J connectivity index is 2.40. The van der Waals surface area contributed by atoms with Crippen molar-refractivity contribution in [3.63, 3.8) is 0 Å². The van der Waals surface area contributed by atoms with Crippen molar-refractivity contribution in [1.82, 2.24) is 0 Å². The van der Waals surface area contributed by atoms with Crippen LogP contribution < -0.4 is 10.4 Å². The van der Waals surface area contributed by atoms with E-state index in [1.165, 1.54) is 0 Å². The molecule has 1 aromatic carbocycles. The van der Waals surface area contributed by atoms with Crippen LogP contribution in [0.5, 0.6) is 0 Å². The average molecular weight is 266 g/mol. The van der Waals surface area contributed by atoms with Crippen molar-refractivity contribution in [3.05, 3.63) is 34.7 Å². The van der Waals surface area contributed by atoms with Gasteiger partial charge >= 0.3 is 0 Å². The van der Waals surface area contributed by atoms with E-state index in [-0.39, 0.29) is 10.8 Å². The van der Waals surface area contributed by atoms with Gasteiger partial charge in [0.05, 0.1) is 11.5 Å². The van der Waals surface area contributed by atoms with E-state index in [1.54, 1.807) is 12.1 Å². The summed E-state index contributed by atoms with van der Waals surface area (Å²) in [6, 6.07) is 7.20. The second kappa shape index (κ2) is 4.10. The van der Waals surface area contributed by atoms with Crippen LogP contribution in [0.1, 0.15) is 19.3 Å². The van der Waals surface area contributed by atoms with Gasteiger partial charge in [-0.1, -0.05) is 24.3 Å². The van der Waals surface area contributed by atoms with Crippen molar-refractivity contribution in [2.45, 2.75) is 19.3 Å². The molecule has 96 valence electrons. The Labute approximate surface area is 105 Å². The van der Waals surface area contributed by atoms with E-state index in [0.717, 1.165) is 23.8 Å². The third-order valence-electron chi connectivity index (χ3n) is 3.56. The predicted octanol–water partition coefficient (Wildman–Crippen LogP) is 0.621. The molecular weight excluding hydrogens is 252 g/mol. The molecule has 1 N–H and O–H groups in total. The molecule has 0 spiro atoms. The van der Waals surface area contributed by atoms with E-state index in [1.807, 2.05) is 12.1 Å². The van der Waals surface area contributed by atoms with E-state index >= 15 is 0 Å². The van der Waals surface area contributed by atoms with E-state index in [0.29, 0.717) is 18.2 Å². The molecule has 18 heavy (non-hydrogen) atoms. The first kappa shape index (κ1) is 11.7. The highest BCUT2D eigenvalue weighted by Gasteiger charge is 2.30. The lowest BCUT2D eigenvalue weighted by molar-refractivity contribution is 0.191. The van der Waals surface area contributed by atoms with Gasteiger partial charge in [-0.15, -0.1) is 0 Å². The van der Waals surface area contributed by atoms with Gasteiger partial charge in [0.25, 0.3) is 10.1 Å². The summed E-state index contributed by atoms with van der Waals surface area (Å²) in [5, 5.41) is 1.38. The zero-order chi connectivity index (χ0) is 12.8. The van der Waals surface area contributed by atoms with Crippen molar-refractivity contribution in [1.29, 1.82) is 0 Å². The standard InChI is InChI=1S/C13H14O4S/c14-18(15,16)12-8-9-4-3-7-17-13(9)11-6-2-1-5-10(11)12/h1-2,5-6,9H,3-4,7-8H2,(H,14,15,16). The molecule has 1 atom stereocenters. The Bertz CT molecular complexity index is 703. The summed E-state index contributed by atoms with van der Waals surface area (Å²) in [5.41, 5.74) is 0. The van der Waals surface area contributed by atoms with Crippen molar-refractivity contribution >= 4 is 20.8 Å². The molecule has 0 bridgehead atoms. The van der Waals surface area contributed by atoms with Gasteiger partial charge in [-0.25, -0.2) is 0 Å². The predicted molar refractivity (Wildman–Crippen MR) is 67.3 cm³/mol. The summed E-state index contributed by atoms with van der Waals surface area (Å²) >= 11 is 0. The van der Waals surface area contributed by atoms with Gasteiger partial charge in [0.2, 0.25) is 0 Å². The Kier molecular flexibility index (Phi) is 2.68. The molecule has 1 heterocycles. The van der Waals surface area contributed by atoms with Crippen LogP contribution in [-0.2, 0) is 14.9 Å². The van der Waals surface area contributed by atoms with E-state index in [4.69, 9.17) is 4.74 Å². The Hall–Kier alpha value is -1.33. The van der Waals surface area contributed by atoms with Crippen LogP contribution in [0, 0.1) is 5.92 Å². The number of rotatable bonds is 1. The fourth-order valence-corrected chi connectivity index (χ4v) is 3.64. The maximum atomic E-state index is 11.5. The molecule has 1 aromatic rings. The molecule has 5 heteroatoms. The summed E-state index contributed by atoms with van der Waals surface area (Å²) < 4.78 is 38.0. The summed E-state index contributed by atoms with van der Waals surface area (Å²) in [6.07, 6.45) is 2.17. The Morgan fingerprint density at radius 1 is 1.22 bits per heavy atom. The molecule has 1 saturated heterocycles. The lowest BCUT2D eigenvalue weighted by Crippen LogP contribution is -2.39. The summed E-state index contributed by atoms with van der Waals surface area (Å²) in [4.78, 5) is 0.123. The number of hydrogen-bond donors (Lipinski definition) is 1. The van der Waals surface area contributed by atoms with Gasteiger partial charge in [-0.05, 0) is 19.3 Å². The Morgan fingerprint density at radius 2 is 1.94 bits per heavy atom. The molecular formula is C13H14O4S. The van der Waals surface area contributed by atoms with E-state index in [2.05, 4.69) is 0 Å². The SMILES string of the molecule is O=S(=O)(O)C1=c2ccccc2=C2OCCCC2C1.